The van der Waals surface area contributed by atoms with Gasteiger partial charge in [0.05, 0.1) is 33.6 Å². The van der Waals surface area contributed by atoms with E-state index >= 15 is 0 Å². The van der Waals surface area contributed by atoms with Crippen LogP contribution in [0.1, 0.15) is 26.4 Å². The lowest BCUT2D eigenvalue weighted by atomic mass is 10.1. The van der Waals surface area contributed by atoms with Crippen LogP contribution in [-0.2, 0) is 0 Å². The highest BCUT2D eigenvalue weighted by Crippen LogP contribution is 2.36. The minimum atomic E-state index is -4.91. The SMILES string of the molecule is Cc1nn(-c2ccc(OC(F)(F)F)cc2)c2ncc3c(c12)C(=O)N(c1ccc(OC(F)(F)F)cc1)C3=O. The number of benzene rings is 2. The van der Waals surface area contributed by atoms with Crippen LogP contribution in [0.5, 0.6) is 11.5 Å². The monoisotopic (exact) mass is 522 g/mol. The summed E-state index contributed by atoms with van der Waals surface area (Å²) in [5, 5.41) is 4.57. The lowest BCUT2D eigenvalue weighted by Crippen LogP contribution is -2.29. The molecule has 1 aliphatic heterocycles. The van der Waals surface area contributed by atoms with E-state index in [4.69, 9.17) is 0 Å². The summed E-state index contributed by atoms with van der Waals surface area (Å²) >= 11 is 0. The number of anilines is 1. The third kappa shape index (κ3) is 4.41. The molecule has 14 heteroatoms. The number of hydrogen-bond acceptors (Lipinski definition) is 6. The second kappa shape index (κ2) is 8.21. The van der Waals surface area contributed by atoms with Gasteiger partial charge in [-0.05, 0) is 55.5 Å². The number of rotatable bonds is 4. The number of imide groups is 1. The van der Waals surface area contributed by atoms with Crippen molar-refractivity contribution < 1.29 is 45.4 Å². The van der Waals surface area contributed by atoms with Crippen molar-refractivity contribution in [3.05, 3.63) is 71.5 Å². The molecule has 0 N–H and O–H groups in total. The van der Waals surface area contributed by atoms with Crippen LogP contribution in [0.2, 0.25) is 0 Å². The molecule has 1 aliphatic rings. The second-order valence-electron chi connectivity index (χ2n) is 7.77. The van der Waals surface area contributed by atoms with Gasteiger partial charge in [-0.2, -0.15) is 5.10 Å². The van der Waals surface area contributed by atoms with Gasteiger partial charge in [0.25, 0.3) is 11.8 Å². The maximum absolute atomic E-state index is 13.3. The maximum atomic E-state index is 13.3. The quantitative estimate of drug-likeness (QED) is 0.266. The molecule has 5 rings (SSSR count). The number of carbonyl (C=O) groups excluding carboxylic acids is 2. The lowest BCUT2D eigenvalue weighted by molar-refractivity contribution is -0.275. The van der Waals surface area contributed by atoms with Crippen LogP contribution < -0.4 is 14.4 Å². The molecule has 37 heavy (non-hydrogen) atoms. The summed E-state index contributed by atoms with van der Waals surface area (Å²) in [6.45, 7) is 1.56. The molecule has 2 aromatic heterocycles. The zero-order valence-electron chi connectivity index (χ0n) is 18.4. The van der Waals surface area contributed by atoms with E-state index in [-0.39, 0.29) is 27.8 Å². The predicted molar refractivity (Wildman–Crippen MR) is 115 cm³/mol. The molecule has 0 aliphatic carbocycles. The van der Waals surface area contributed by atoms with Crippen LogP contribution in [0.4, 0.5) is 32.0 Å². The van der Waals surface area contributed by atoms with Gasteiger partial charge < -0.3 is 9.47 Å². The number of nitrogens with zero attached hydrogens (tertiary/aromatic N) is 4. The summed E-state index contributed by atoms with van der Waals surface area (Å²) < 4.78 is 83.6. The zero-order valence-corrected chi connectivity index (χ0v) is 18.4. The first-order valence-corrected chi connectivity index (χ1v) is 10.3. The van der Waals surface area contributed by atoms with Gasteiger partial charge in [-0.25, -0.2) is 14.6 Å². The number of pyridine rings is 1. The Hall–Kier alpha value is -4.62. The number of alkyl halides is 6. The van der Waals surface area contributed by atoms with Crippen LogP contribution >= 0.6 is 0 Å². The molecule has 0 atom stereocenters. The van der Waals surface area contributed by atoms with E-state index in [1.165, 1.54) is 16.8 Å². The number of halogens is 6. The molecule has 0 bridgehead atoms. The molecule has 4 aromatic rings. The first kappa shape index (κ1) is 24.1. The van der Waals surface area contributed by atoms with Gasteiger partial charge in [0.1, 0.15) is 11.5 Å². The van der Waals surface area contributed by atoms with Crippen LogP contribution in [0.15, 0.2) is 54.7 Å². The Bertz CT molecular complexity index is 1540. The van der Waals surface area contributed by atoms with Gasteiger partial charge in [-0.3, -0.25) is 9.59 Å². The summed E-state index contributed by atoms with van der Waals surface area (Å²) in [7, 11) is 0. The summed E-state index contributed by atoms with van der Waals surface area (Å²) in [6, 6.07) is 8.99. The van der Waals surface area contributed by atoms with Gasteiger partial charge in [0, 0.05) is 6.20 Å². The molecule has 190 valence electrons. The minimum absolute atomic E-state index is 0.00797. The molecule has 0 radical (unpaired) electrons. The number of amides is 2. The fourth-order valence-corrected chi connectivity index (χ4v) is 3.96. The van der Waals surface area contributed by atoms with E-state index in [0.29, 0.717) is 11.4 Å². The van der Waals surface area contributed by atoms with Crippen molar-refractivity contribution in [3.8, 4) is 17.2 Å². The Morgan fingerprint density at radius 1 is 0.757 bits per heavy atom. The lowest BCUT2D eigenvalue weighted by Gasteiger charge is -2.15. The molecule has 2 amide bonds. The number of carbonyl (C=O) groups is 2. The van der Waals surface area contributed by atoms with Gasteiger partial charge >= 0.3 is 12.7 Å². The fraction of sp³-hybridized carbons (Fsp3) is 0.130. The summed E-state index contributed by atoms with van der Waals surface area (Å²) in [4.78, 5) is 31.4. The number of aryl methyl sites for hydroxylation is 1. The van der Waals surface area contributed by atoms with E-state index < -0.39 is 36.0 Å². The van der Waals surface area contributed by atoms with E-state index in [1.807, 2.05) is 0 Å². The van der Waals surface area contributed by atoms with E-state index in [0.717, 1.165) is 47.5 Å². The van der Waals surface area contributed by atoms with Gasteiger partial charge in [-0.15, -0.1) is 26.3 Å². The average Bonchev–Trinajstić information content (AvgIpc) is 3.27. The van der Waals surface area contributed by atoms with E-state index in [9.17, 15) is 35.9 Å². The number of aromatic nitrogens is 3. The normalized spacial score (nSPS) is 13.9. The van der Waals surface area contributed by atoms with Crippen molar-refractivity contribution in [3.63, 3.8) is 0 Å². The molecule has 8 nitrogen and oxygen atoms in total. The van der Waals surface area contributed by atoms with Crippen LogP contribution in [0.25, 0.3) is 16.7 Å². The van der Waals surface area contributed by atoms with Crippen LogP contribution in [-0.4, -0.2) is 39.3 Å². The molecule has 0 unspecified atom stereocenters. The van der Waals surface area contributed by atoms with Crippen molar-refractivity contribution >= 4 is 28.5 Å². The average molecular weight is 522 g/mol. The predicted octanol–water partition coefficient (Wildman–Crippen LogP) is 5.33. The molecule has 0 fully saturated rings. The first-order valence-electron chi connectivity index (χ1n) is 10.3. The Labute approximate surface area is 202 Å². The standard InChI is InChI=1S/C23H12F6N4O4/c1-11-17-18-16(20(34)32(21(18)35)12-2-6-14(7-3-12)36-22(24,25)26)10-30-19(17)33(31-11)13-4-8-15(9-5-13)37-23(27,28)29/h2-10H,1H3. The molecular formula is C23H12F6N4O4. The molecule has 0 spiro atoms. The van der Waals surface area contributed by atoms with Crippen molar-refractivity contribution in [1.29, 1.82) is 0 Å². The second-order valence-corrected chi connectivity index (χ2v) is 7.77. The highest BCUT2D eigenvalue weighted by Gasteiger charge is 2.40. The summed E-state index contributed by atoms with van der Waals surface area (Å²) in [6.07, 6.45) is -8.60. The fourth-order valence-electron chi connectivity index (χ4n) is 3.96. The summed E-state index contributed by atoms with van der Waals surface area (Å²) in [5.41, 5.74) is 0.758. The van der Waals surface area contributed by atoms with Gasteiger partial charge in [0.15, 0.2) is 5.65 Å². The number of ether oxygens (including phenoxy) is 2. The van der Waals surface area contributed by atoms with Gasteiger partial charge in [0.2, 0.25) is 0 Å². The largest absolute Gasteiger partial charge is 0.573 e. The van der Waals surface area contributed by atoms with Crippen LogP contribution in [0, 0.1) is 6.92 Å². The number of hydrogen-bond donors (Lipinski definition) is 0. The molecule has 3 heterocycles. The number of fused-ring (bicyclic) bond motifs is 3. The molecule has 0 saturated carbocycles. The highest BCUT2D eigenvalue weighted by molar-refractivity contribution is 6.37. The highest BCUT2D eigenvalue weighted by atomic mass is 19.4. The van der Waals surface area contributed by atoms with Gasteiger partial charge in [-0.1, -0.05) is 0 Å². The van der Waals surface area contributed by atoms with Crippen molar-refractivity contribution in [2.75, 3.05) is 4.90 Å². The summed E-state index contributed by atoms with van der Waals surface area (Å²) in [5.74, 6) is -2.45. The van der Waals surface area contributed by atoms with Crippen molar-refractivity contribution in [2.24, 2.45) is 0 Å². The minimum Gasteiger partial charge on any atom is -0.406 e. The smallest absolute Gasteiger partial charge is 0.406 e. The maximum Gasteiger partial charge on any atom is 0.573 e. The third-order valence-corrected chi connectivity index (χ3v) is 5.37. The van der Waals surface area contributed by atoms with Crippen molar-refractivity contribution in [2.45, 2.75) is 19.6 Å². The molecular weight excluding hydrogens is 510 g/mol. The van der Waals surface area contributed by atoms with E-state index in [2.05, 4.69) is 19.6 Å². The Kier molecular flexibility index (Phi) is 5.35. The molecule has 0 saturated heterocycles. The topological polar surface area (TPSA) is 86.6 Å². The van der Waals surface area contributed by atoms with Crippen LogP contribution in [0.3, 0.4) is 0 Å². The Balaban J connectivity index is 1.51. The van der Waals surface area contributed by atoms with Crippen molar-refractivity contribution in [1.82, 2.24) is 14.8 Å². The third-order valence-electron chi connectivity index (χ3n) is 5.37. The zero-order chi connectivity index (χ0) is 26.7. The molecule has 2 aromatic carbocycles. The Morgan fingerprint density at radius 3 is 1.78 bits per heavy atom. The first-order chi connectivity index (χ1) is 17.3. The Morgan fingerprint density at radius 2 is 1.27 bits per heavy atom. The van der Waals surface area contributed by atoms with E-state index in [1.54, 1.807) is 6.92 Å².